The summed E-state index contributed by atoms with van der Waals surface area (Å²) in [6, 6.07) is 5.22. The highest BCUT2D eigenvalue weighted by atomic mass is 32.1. The number of Topliss-reactive ketones (excluding diaryl/α,β-unsaturated/α-hetero) is 1. The minimum atomic E-state index is -0.195. The van der Waals surface area contributed by atoms with Crippen molar-refractivity contribution in [2.24, 2.45) is 0 Å². The number of methoxy groups -OCH3 is 1. The number of ether oxygens (including phenoxy) is 1. The average molecular weight is 326 g/mol. The van der Waals surface area contributed by atoms with Crippen LogP contribution in [0, 0.1) is 0 Å². The maximum Gasteiger partial charge on any atom is 0.200 e. The fourth-order valence-electron chi connectivity index (χ4n) is 3.15. The Balaban J connectivity index is 1.89. The maximum absolute atomic E-state index is 12.7. The molecule has 116 valence electrons. The number of benzene rings is 1. The van der Waals surface area contributed by atoms with Gasteiger partial charge in [0.1, 0.15) is 5.75 Å². The van der Waals surface area contributed by atoms with E-state index in [0.29, 0.717) is 40.8 Å². The van der Waals surface area contributed by atoms with Crippen molar-refractivity contribution in [1.29, 1.82) is 0 Å². The summed E-state index contributed by atoms with van der Waals surface area (Å²) >= 11 is 1.54. The van der Waals surface area contributed by atoms with Crippen LogP contribution in [0.3, 0.4) is 0 Å². The van der Waals surface area contributed by atoms with Gasteiger partial charge in [-0.1, -0.05) is 0 Å². The summed E-state index contributed by atoms with van der Waals surface area (Å²) in [5, 5.41) is 3.37. The molecular formula is C17H14N2O3S. The first-order valence-corrected chi connectivity index (χ1v) is 8.21. The molecule has 2 heterocycles. The molecule has 0 saturated carbocycles. The third-order valence-electron chi connectivity index (χ3n) is 4.25. The number of thiazole rings is 1. The Hall–Kier alpha value is -2.47. The van der Waals surface area contributed by atoms with Gasteiger partial charge in [0.15, 0.2) is 11.2 Å². The van der Waals surface area contributed by atoms with E-state index in [1.165, 1.54) is 0 Å². The second-order valence-corrected chi connectivity index (χ2v) is 6.54. The zero-order valence-electron chi connectivity index (χ0n) is 12.5. The first kappa shape index (κ1) is 14.1. The Morgan fingerprint density at radius 3 is 2.91 bits per heavy atom. The van der Waals surface area contributed by atoms with Crippen molar-refractivity contribution in [3.63, 3.8) is 0 Å². The van der Waals surface area contributed by atoms with E-state index in [4.69, 9.17) is 4.74 Å². The highest BCUT2D eigenvalue weighted by Crippen LogP contribution is 2.32. The number of nitrogens with one attached hydrogen (secondary N) is 1. The zero-order valence-corrected chi connectivity index (χ0v) is 13.3. The fourth-order valence-corrected chi connectivity index (χ4v) is 3.89. The van der Waals surface area contributed by atoms with E-state index in [1.54, 1.807) is 42.8 Å². The van der Waals surface area contributed by atoms with Crippen LogP contribution in [0.2, 0.25) is 0 Å². The van der Waals surface area contributed by atoms with Gasteiger partial charge in [-0.2, -0.15) is 0 Å². The lowest BCUT2D eigenvalue weighted by Gasteiger charge is -2.22. The van der Waals surface area contributed by atoms with Gasteiger partial charge in [0.25, 0.3) is 0 Å². The average Bonchev–Trinajstić information content (AvgIpc) is 3.08. The molecule has 3 aromatic rings. The van der Waals surface area contributed by atoms with Gasteiger partial charge in [-0.3, -0.25) is 9.59 Å². The molecule has 1 N–H and O–H groups in total. The van der Waals surface area contributed by atoms with Gasteiger partial charge in [-0.25, -0.2) is 4.98 Å². The number of hydrogen-bond acceptors (Lipinski definition) is 5. The normalized spacial score (nSPS) is 17.3. The van der Waals surface area contributed by atoms with Crippen LogP contribution in [0.4, 0.5) is 0 Å². The number of aromatic amines is 1. The van der Waals surface area contributed by atoms with Crippen molar-refractivity contribution < 1.29 is 9.53 Å². The van der Waals surface area contributed by atoms with E-state index in [0.717, 1.165) is 5.01 Å². The van der Waals surface area contributed by atoms with Gasteiger partial charge in [0.2, 0.25) is 0 Å². The molecule has 1 unspecified atom stereocenters. The van der Waals surface area contributed by atoms with Gasteiger partial charge in [-0.05, 0) is 18.6 Å². The zero-order chi connectivity index (χ0) is 16.0. The van der Waals surface area contributed by atoms with E-state index in [1.807, 2.05) is 5.38 Å². The van der Waals surface area contributed by atoms with Gasteiger partial charge in [0, 0.05) is 41.1 Å². The van der Waals surface area contributed by atoms with Crippen molar-refractivity contribution in [2.45, 2.75) is 18.8 Å². The molecule has 4 rings (SSSR count). The van der Waals surface area contributed by atoms with Crippen LogP contribution in [0.5, 0.6) is 5.75 Å². The molecule has 5 nitrogen and oxygen atoms in total. The van der Waals surface area contributed by atoms with Crippen LogP contribution >= 0.6 is 11.3 Å². The molecule has 0 spiro atoms. The second-order valence-electron chi connectivity index (χ2n) is 5.62. The number of carbonyl (C=O) groups excluding carboxylic acids is 1. The van der Waals surface area contributed by atoms with Crippen molar-refractivity contribution in [2.75, 3.05) is 7.11 Å². The molecule has 1 aliphatic rings. The number of carbonyl (C=O) groups is 1. The molecule has 0 fully saturated rings. The number of rotatable bonds is 2. The van der Waals surface area contributed by atoms with Crippen LogP contribution < -0.4 is 10.2 Å². The summed E-state index contributed by atoms with van der Waals surface area (Å²) in [5.41, 5.74) is 1.50. The SMILES string of the molecule is COc1ccc2c(=O)c3c([nH]c2c1)CC(c1nccs1)CC3=O. The molecule has 6 heteroatoms. The Bertz CT molecular complexity index is 960. The Kier molecular flexibility index (Phi) is 3.27. The third kappa shape index (κ3) is 2.26. The van der Waals surface area contributed by atoms with Gasteiger partial charge < -0.3 is 9.72 Å². The Labute approximate surface area is 136 Å². The first-order chi connectivity index (χ1) is 11.2. The molecule has 0 bridgehead atoms. The highest BCUT2D eigenvalue weighted by molar-refractivity contribution is 7.09. The standard InChI is InChI=1S/C17H14N2O3S/c1-22-10-2-3-11-12(8-10)19-13-6-9(17-18-4-5-23-17)7-14(20)15(13)16(11)21/h2-5,8-9H,6-7H2,1H3,(H,19,21). The fraction of sp³-hybridized carbons (Fsp3) is 0.235. The number of ketones is 1. The van der Waals surface area contributed by atoms with E-state index in [-0.39, 0.29) is 17.1 Å². The lowest BCUT2D eigenvalue weighted by Crippen LogP contribution is -2.27. The van der Waals surface area contributed by atoms with Crippen LogP contribution in [0.1, 0.15) is 33.4 Å². The van der Waals surface area contributed by atoms with Crippen molar-refractivity contribution in [3.05, 3.63) is 56.3 Å². The topological polar surface area (TPSA) is 72.1 Å². The van der Waals surface area contributed by atoms with E-state index >= 15 is 0 Å². The lowest BCUT2D eigenvalue weighted by molar-refractivity contribution is 0.0962. The van der Waals surface area contributed by atoms with Gasteiger partial charge >= 0.3 is 0 Å². The summed E-state index contributed by atoms with van der Waals surface area (Å²) in [5.74, 6) is 0.603. The van der Waals surface area contributed by atoms with E-state index in [9.17, 15) is 9.59 Å². The largest absolute Gasteiger partial charge is 0.497 e. The predicted molar refractivity (Wildman–Crippen MR) is 88.6 cm³/mol. The summed E-state index contributed by atoms with van der Waals surface area (Å²) in [6.07, 6.45) is 2.70. The number of fused-ring (bicyclic) bond motifs is 2. The number of pyridine rings is 1. The predicted octanol–water partition coefficient (Wildman–Crippen LogP) is 2.91. The maximum atomic E-state index is 12.7. The lowest BCUT2D eigenvalue weighted by atomic mass is 9.85. The monoisotopic (exact) mass is 326 g/mol. The minimum Gasteiger partial charge on any atom is -0.497 e. The van der Waals surface area contributed by atoms with E-state index in [2.05, 4.69) is 9.97 Å². The molecule has 1 atom stereocenters. The number of hydrogen-bond donors (Lipinski definition) is 1. The molecule has 0 saturated heterocycles. The first-order valence-electron chi connectivity index (χ1n) is 7.33. The molecule has 1 aliphatic carbocycles. The van der Waals surface area contributed by atoms with Gasteiger partial charge in [-0.15, -0.1) is 11.3 Å². The van der Waals surface area contributed by atoms with Crippen molar-refractivity contribution >= 4 is 28.0 Å². The second kappa shape index (κ2) is 5.31. The quantitative estimate of drug-likeness (QED) is 0.786. The third-order valence-corrected chi connectivity index (χ3v) is 5.19. The molecule has 0 amide bonds. The van der Waals surface area contributed by atoms with Crippen LogP contribution in [0.15, 0.2) is 34.6 Å². The van der Waals surface area contributed by atoms with Crippen molar-refractivity contribution in [1.82, 2.24) is 9.97 Å². The van der Waals surface area contributed by atoms with Crippen LogP contribution in [0.25, 0.3) is 10.9 Å². The molecule has 2 aromatic heterocycles. The van der Waals surface area contributed by atoms with Gasteiger partial charge in [0.05, 0.1) is 23.2 Å². The molecule has 23 heavy (non-hydrogen) atoms. The Morgan fingerprint density at radius 2 is 2.17 bits per heavy atom. The summed E-state index contributed by atoms with van der Waals surface area (Å²) in [7, 11) is 1.58. The van der Waals surface area contributed by atoms with Crippen LogP contribution in [-0.2, 0) is 6.42 Å². The summed E-state index contributed by atoms with van der Waals surface area (Å²) in [6.45, 7) is 0. The summed E-state index contributed by atoms with van der Waals surface area (Å²) in [4.78, 5) is 32.8. The molecule has 0 aliphatic heterocycles. The minimum absolute atomic E-state index is 0.0358. The van der Waals surface area contributed by atoms with E-state index < -0.39 is 0 Å². The smallest absolute Gasteiger partial charge is 0.200 e. The summed E-state index contributed by atoms with van der Waals surface area (Å²) < 4.78 is 5.21. The van der Waals surface area contributed by atoms with Crippen molar-refractivity contribution in [3.8, 4) is 5.75 Å². The number of nitrogens with zero attached hydrogens (tertiary/aromatic N) is 1. The molecular weight excluding hydrogens is 312 g/mol. The number of H-pyrrole nitrogens is 1. The highest BCUT2D eigenvalue weighted by Gasteiger charge is 2.31. The van der Waals surface area contributed by atoms with Crippen LogP contribution in [-0.4, -0.2) is 22.9 Å². The molecule has 0 radical (unpaired) electrons. The molecule has 1 aromatic carbocycles. The Morgan fingerprint density at radius 1 is 1.30 bits per heavy atom. The number of aromatic nitrogens is 2.